The highest BCUT2D eigenvalue weighted by atomic mass is 16.5. The molecule has 0 saturated carbocycles. The summed E-state index contributed by atoms with van der Waals surface area (Å²) in [6.07, 6.45) is 0. The van der Waals surface area contributed by atoms with Gasteiger partial charge in [-0.3, -0.25) is 0 Å². The molecule has 0 saturated heterocycles. The summed E-state index contributed by atoms with van der Waals surface area (Å²) >= 11 is 0. The van der Waals surface area contributed by atoms with Gasteiger partial charge in [-0.1, -0.05) is 191 Å². The lowest BCUT2D eigenvalue weighted by Crippen LogP contribution is -2.32. The summed E-state index contributed by atoms with van der Waals surface area (Å²) in [6, 6.07) is 64.5. The molecule has 1 aromatic heterocycles. The lowest BCUT2D eigenvalue weighted by molar-refractivity contribution is 0.433. The van der Waals surface area contributed by atoms with Gasteiger partial charge in [-0.15, -0.1) is 0 Å². The second kappa shape index (κ2) is 12.9. The Morgan fingerprint density at radius 3 is 1.81 bits per heavy atom. The summed E-state index contributed by atoms with van der Waals surface area (Å²) in [6.45, 7) is 6.75. The third kappa shape index (κ3) is 5.11. The first kappa shape index (κ1) is 34.1. The molecule has 11 rings (SSSR count). The summed E-state index contributed by atoms with van der Waals surface area (Å²) in [5.41, 5.74) is 12.6. The highest BCUT2D eigenvalue weighted by Gasteiger charge is 2.52. The molecule has 2 heterocycles. The molecule has 4 heteroatoms. The predicted octanol–water partition coefficient (Wildman–Crippen LogP) is 13.5. The molecule has 9 aromatic rings. The van der Waals surface area contributed by atoms with E-state index in [1.807, 2.05) is 18.2 Å². The second-order valence-corrected chi connectivity index (χ2v) is 16.3. The topological polar surface area (TPSA) is 47.9 Å². The van der Waals surface area contributed by atoms with Crippen LogP contribution in [-0.2, 0) is 10.8 Å². The maximum atomic E-state index is 6.82. The van der Waals surface area contributed by atoms with Crippen molar-refractivity contribution in [1.29, 1.82) is 0 Å². The molecule has 1 spiro atoms. The Morgan fingerprint density at radius 1 is 0.414 bits per heavy atom. The van der Waals surface area contributed by atoms with Gasteiger partial charge in [0.2, 0.25) is 0 Å². The van der Waals surface area contributed by atoms with Crippen molar-refractivity contribution in [1.82, 2.24) is 15.0 Å². The number of hydrogen-bond acceptors (Lipinski definition) is 4. The minimum Gasteiger partial charge on any atom is -0.457 e. The maximum Gasteiger partial charge on any atom is 0.164 e. The SMILES string of the molecule is CC(C)(C)c1ccc2c(c1)Oc1ccccc1C21c2ccccc2-c2c(-c3nc(-c4ccccc4)nc(-c4ccccc4-c4cccc5ccccc45)n3)cccc21. The molecule has 0 bridgehead atoms. The van der Waals surface area contributed by atoms with Crippen molar-refractivity contribution in [3.63, 3.8) is 0 Å². The van der Waals surface area contributed by atoms with Crippen LogP contribution in [-0.4, -0.2) is 15.0 Å². The van der Waals surface area contributed by atoms with Crippen LogP contribution in [0, 0.1) is 0 Å². The molecule has 1 aliphatic carbocycles. The van der Waals surface area contributed by atoms with Gasteiger partial charge in [0.25, 0.3) is 0 Å². The van der Waals surface area contributed by atoms with Crippen molar-refractivity contribution >= 4 is 10.8 Å². The van der Waals surface area contributed by atoms with E-state index in [1.54, 1.807) is 0 Å². The summed E-state index contributed by atoms with van der Waals surface area (Å²) < 4.78 is 6.82. The Hall–Kier alpha value is -7.17. The van der Waals surface area contributed by atoms with E-state index in [0.29, 0.717) is 17.5 Å². The first-order valence-electron chi connectivity index (χ1n) is 19.9. The third-order valence-corrected chi connectivity index (χ3v) is 12.0. The standard InChI is InChI=1S/C54H39N3O/c1-53(2,3)36-31-32-45-48(33-36)58-47-30-14-13-28-44(47)54(45)43-27-12-11-24-41(43)49-42(26-16-29-46(49)54)52-56-50(35-18-5-4-6-19-35)55-51(57-52)40-23-10-9-22-39(40)38-25-15-20-34-17-7-8-21-37(34)38/h4-33H,1-3H3. The number of hydrogen-bond donors (Lipinski definition) is 0. The normalized spacial score (nSPS) is 15.0. The molecule has 276 valence electrons. The minimum atomic E-state index is -0.623. The molecular weight excluding hydrogens is 707 g/mol. The van der Waals surface area contributed by atoms with Gasteiger partial charge in [-0.25, -0.2) is 15.0 Å². The van der Waals surface area contributed by atoms with Crippen LogP contribution >= 0.6 is 0 Å². The molecule has 0 fully saturated rings. The summed E-state index contributed by atoms with van der Waals surface area (Å²) in [4.78, 5) is 16.0. The van der Waals surface area contributed by atoms with E-state index in [0.717, 1.165) is 61.6 Å². The van der Waals surface area contributed by atoms with Gasteiger partial charge in [0.15, 0.2) is 17.5 Å². The van der Waals surface area contributed by atoms with Crippen LogP contribution in [0.25, 0.3) is 67.2 Å². The average molecular weight is 746 g/mol. The van der Waals surface area contributed by atoms with E-state index < -0.39 is 5.41 Å². The molecule has 2 aliphatic rings. The molecule has 0 radical (unpaired) electrons. The first-order chi connectivity index (χ1) is 28.4. The van der Waals surface area contributed by atoms with Gasteiger partial charge in [0.05, 0.1) is 5.41 Å². The summed E-state index contributed by atoms with van der Waals surface area (Å²) in [7, 11) is 0. The average Bonchev–Trinajstić information content (AvgIpc) is 3.56. The van der Waals surface area contributed by atoms with E-state index >= 15 is 0 Å². The van der Waals surface area contributed by atoms with Crippen molar-refractivity contribution in [2.45, 2.75) is 31.6 Å². The van der Waals surface area contributed by atoms with Crippen LogP contribution in [0.2, 0.25) is 0 Å². The monoisotopic (exact) mass is 745 g/mol. The van der Waals surface area contributed by atoms with E-state index in [-0.39, 0.29) is 5.41 Å². The lowest BCUT2D eigenvalue weighted by atomic mass is 9.65. The number of benzene rings is 8. The van der Waals surface area contributed by atoms with E-state index in [4.69, 9.17) is 19.7 Å². The number of nitrogens with zero attached hydrogens (tertiary/aromatic N) is 3. The van der Waals surface area contributed by atoms with Gasteiger partial charge in [-0.2, -0.15) is 0 Å². The van der Waals surface area contributed by atoms with Crippen molar-refractivity contribution in [2.75, 3.05) is 0 Å². The largest absolute Gasteiger partial charge is 0.457 e. The first-order valence-corrected chi connectivity index (χ1v) is 19.9. The zero-order chi connectivity index (χ0) is 39.0. The molecule has 1 unspecified atom stereocenters. The van der Waals surface area contributed by atoms with Gasteiger partial charge in [0.1, 0.15) is 11.5 Å². The minimum absolute atomic E-state index is 0.0414. The fourth-order valence-corrected chi connectivity index (χ4v) is 9.31. The lowest BCUT2D eigenvalue weighted by Gasteiger charge is -2.40. The van der Waals surface area contributed by atoms with E-state index in [2.05, 4.69) is 185 Å². The van der Waals surface area contributed by atoms with Gasteiger partial charge in [-0.05, 0) is 67.3 Å². The van der Waals surface area contributed by atoms with Crippen LogP contribution < -0.4 is 4.74 Å². The van der Waals surface area contributed by atoms with Crippen molar-refractivity contribution < 1.29 is 4.74 Å². The number of rotatable bonds is 4. The van der Waals surface area contributed by atoms with E-state index in [1.165, 1.54) is 27.5 Å². The number of fused-ring (bicyclic) bond motifs is 10. The van der Waals surface area contributed by atoms with Crippen molar-refractivity contribution in [2.24, 2.45) is 0 Å². The molecule has 1 aliphatic heterocycles. The Balaban J connectivity index is 1.19. The highest BCUT2D eigenvalue weighted by molar-refractivity contribution is 6.00. The zero-order valence-electron chi connectivity index (χ0n) is 32.6. The zero-order valence-corrected chi connectivity index (χ0v) is 32.6. The fourth-order valence-electron chi connectivity index (χ4n) is 9.31. The van der Waals surface area contributed by atoms with Gasteiger partial charge < -0.3 is 4.74 Å². The van der Waals surface area contributed by atoms with Crippen LogP contribution in [0.3, 0.4) is 0 Å². The van der Waals surface area contributed by atoms with Crippen LogP contribution in [0.15, 0.2) is 182 Å². The van der Waals surface area contributed by atoms with Crippen molar-refractivity contribution in [3.05, 3.63) is 210 Å². The maximum absolute atomic E-state index is 6.82. The molecule has 0 amide bonds. The smallest absolute Gasteiger partial charge is 0.164 e. The third-order valence-electron chi connectivity index (χ3n) is 12.0. The number of para-hydroxylation sites is 1. The fraction of sp³-hybridized carbons (Fsp3) is 0.0926. The summed E-state index contributed by atoms with van der Waals surface area (Å²) in [5, 5.41) is 2.37. The highest BCUT2D eigenvalue weighted by Crippen LogP contribution is 2.63. The molecule has 8 aromatic carbocycles. The molecule has 58 heavy (non-hydrogen) atoms. The van der Waals surface area contributed by atoms with Crippen LogP contribution in [0.4, 0.5) is 0 Å². The Labute approximate surface area is 338 Å². The molecule has 0 N–H and O–H groups in total. The van der Waals surface area contributed by atoms with Crippen LogP contribution in [0.5, 0.6) is 11.5 Å². The molecular formula is C54H39N3O. The number of aromatic nitrogens is 3. The Morgan fingerprint density at radius 2 is 0.983 bits per heavy atom. The Kier molecular flexibility index (Phi) is 7.61. The van der Waals surface area contributed by atoms with Crippen LogP contribution in [0.1, 0.15) is 48.6 Å². The summed E-state index contributed by atoms with van der Waals surface area (Å²) in [5.74, 6) is 3.64. The molecule has 4 nitrogen and oxygen atoms in total. The van der Waals surface area contributed by atoms with E-state index in [9.17, 15) is 0 Å². The quantitative estimate of drug-likeness (QED) is 0.180. The number of ether oxygens (including phenoxy) is 1. The molecule has 1 atom stereocenters. The van der Waals surface area contributed by atoms with Gasteiger partial charge >= 0.3 is 0 Å². The second-order valence-electron chi connectivity index (χ2n) is 16.3. The Bertz CT molecular complexity index is 3080. The van der Waals surface area contributed by atoms with Gasteiger partial charge in [0, 0.05) is 27.8 Å². The van der Waals surface area contributed by atoms with Crippen molar-refractivity contribution in [3.8, 4) is 67.9 Å². The predicted molar refractivity (Wildman–Crippen MR) is 235 cm³/mol.